The summed E-state index contributed by atoms with van der Waals surface area (Å²) in [5, 5.41) is 8.89. The molecule has 0 spiro atoms. The smallest absolute Gasteiger partial charge is 0.174 e. The van der Waals surface area contributed by atoms with Gasteiger partial charge in [0.15, 0.2) is 17.3 Å². The summed E-state index contributed by atoms with van der Waals surface area (Å²) < 4.78 is 18.8. The molecule has 0 aliphatic carbocycles. The zero-order valence-electron chi connectivity index (χ0n) is 9.01. The van der Waals surface area contributed by atoms with E-state index in [1.54, 1.807) is 6.07 Å². The van der Waals surface area contributed by atoms with Gasteiger partial charge in [0.1, 0.15) is 11.8 Å². The van der Waals surface area contributed by atoms with Crippen molar-refractivity contribution in [2.75, 3.05) is 7.11 Å². The van der Waals surface area contributed by atoms with Crippen LogP contribution in [0.4, 0.5) is 4.39 Å². The summed E-state index contributed by atoms with van der Waals surface area (Å²) in [5.74, 6) is -0.441. The molecule has 2 aromatic rings. The van der Waals surface area contributed by atoms with E-state index in [4.69, 9.17) is 10.00 Å². The highest BCUT2D eigenvalue weighted by Gasteiger charge is 2.15. The van der Waals surface area contributed by atoms with Crippen molar-refractivity contribution in [2.45, 2.75) is 0 Å². The molecule has 1 aromatic carbocycles. The molecular weight excluding hydrogens is 221 g/mol. The van der Waals surface area contributed by atoms with Crippen LogP contribution in [0.2, 0.25) is 0 Å². The minimum atomic E-state index is -0.549. The molecule has 0 aliphatic heterocycles. The number of rotatable bonds is 2. The number of nitrogens with zero attached hydrogens (tertiary/aromatic N) is 3. The van der Waals surface area contributed by atoms with Gasteiger partial charge in [0.2, 0.25) is 0 Å². The molecule has 1 heterocycles. The predicted molar refractivity (Wildman–Crippen MR) is 58.7 cm³/mol. The van der Waals surface area contributed by atoms with Crippen molar-refractivity contribution in [3.63, 3.8) is 0 Å². The van der Waals surface area contributed by atoms with Crippen LogP contribution in [0.25, 0.3) is 11.3 Å². The number of hydrogen-bond donors (Lipinski definition) is 0. The fourth-order valence-corrected chi connectivity index (χ4v) is 1.47. The Bertz CT molecular complexity index is 593. The summed E-state index contributed by atoms with van der Waals surface area (Å²) in [6, 6.07) is 6.54. The fraction of sp³-hybridized carbons (Fsp3) is 0.0833. The van der Waals surface area contributed by atoms with Gasteiger partial charge < -0.3 is 4.74 Å². The molecule has 0 N–H and O–H groups in total. The van der Waals surface area contributed by atoms with Crippen LogP contribution in [0.5, 0.6) is 5.75 Å². The normalized spacial score (nSPS) is 9.71. The van der Waals surface area contributed by atoms with Crippen LogP contribution in [0, 0.1) is 17.1 Å². The lowest BCUT2D eigenvalue weighted by Crippen LogP contribution is -1.96. The largest absolute Gasteiger partial charge is 0.494 e. The molecule has 84 valence electrons. The molecule has 17 heavy (non-hydrogen) atoms. The molecule has 0 saturated heterocycles. The van der Waals surface area contributed by atoms with Crippen molar-refractivity contribution in [3.8, 4) is 23.1 Å². The average molecular weight is 229 g/mol. The van der Waals surface area contributed by atoms with Crippen LogP contribution in [0.1, 0.15) is 5.69 Å². The topological polar surface area (TPSA) is 58.8 Å². The monoisotopic (exact) mass is 229 g/mol. The fourth-order valence-electron chi connectivity index (χ4n) is 1.47. The molecule has 4 nitrogen and oxygen atoms in total. The van der Waals surface area contributed by atoms with Gasteiger partial charge in [0.25, 0.3) is 0 Å². The van der Waals surface area contributed by atoms with Gasteiger partial charge in [0.05, 0.1) is 7.11 Å². The summed E-state index contributed by atoms with van der Waals surface area (Å²) >= 11 is 0. The molecule has 2 rings (SSSR count). The second-order valence-corrected chi connectivity index (χ2v) is 3.19. The molecule has 1 aromatic heterocycles. The SMILES string of the molecule is COc1cccc(-c2nccnc2C#N)c1F. The Balaban J connectivity index is 2.65. The standard InChI is InChI=1S/C12H8FN3O/c1-17-10-4-2-3-8(11(10)13)12-9(7-14)15-5-6-16-12/h2-6H,1H3. The van der Waals surface area contributed by atoms with Gasteiger partial charge in [0, 0.05) is 18.0 Å². The summed E-state index contributed by atoms with van der Waals surface area (Å²) in [5.41, 5.74) is 0.500. The maximum absolute atomic E-state index is 14.0. The van der Waals surface area contributed by atoms with Crippen LogP contribution >= 0.6 is 0 Å². The highest BCUT2D eigenvalue weighted by molar-refractivity contribution is 5.66. The highest BCUT2D eigenvalue weighted by atomic mass is 19.1. The summed E-state index contributed by atoms with van der Waals surface area (Å²) in [4.78, 5) is 7.81. The van der Waals surface area contributed by atoms with E-state index in [9.17, 15) is 4.39 Å². The summed E-state index contributed by atoms with van der Waals surface area (Å²) in [7, 11) is 1.38. The summed E-state index contributed by atoms with van der Waals surface area (Å²) in [6.07, 6.45) is 2.80. The number of aromatic nitrogens is 2. The van der Waals surface area contributed by atoms with Gasteiger partial charge in [-0.3, -0.25) is 4.98 Å². The Morgan fingerprint density at radius 1 is 1.29 bits per heavy atom. The lowest BCUT2D eigenvalue weighted by atomic mass is 10.1. The molecule has 0 atom stereocenters. The molecule has 0 saturated carbocycles. The van der Waals surface area contributed by atoms with Gasteiger partial charge in [-0.1, -0.05) is 6.07 Å². The Kier molecular flexibility index (Phi) is 2.97. The molecule has 5 heteroatoms. The molecule has 0 amide bonds. The Morgan fingerprint density at radius 3 is 2.76 bits per heavy atom. The first-order chi connectivity index (χ1) is 8.27. The minimum absolute atomic E-state index is 0.0830. The molecular formula is C12H8FN3O. The minimum Gasteiger partial charge on any atom is -0.494 e. The zero-order chi connectivity index (χ0) is 12.3. The Morgan fingerprint density at radius 2 is 2.06 bits per heavy atom. The van der Waals surface area contributed by atoms with Gasteiger partial charge in [-0.25, -0.2) is 9.37 Å². The summed E-state index contributed by atoms with van der Waals surface area (Å²) in [6.45, 7) is 0. The lowest BCUT2D eigenvalue weighted by molar-refractivity contribution is 0.387. The van der Waals surface area contributed by atoms with Gasteiger partial charge in [-0.05, 0) is 12.1 Å². The number of nitriles is 1. The van der Waals surface area contributed by atoms with E-state index in [0.29, 0.717) is 0 Å². The molecule has 0 unspecified atom stereocenters. The van der Waals surface area contributed by atoms with Crippen molar-refractivity contribution in [3.05, 3.63) is 42.1 Å². The van der Waals surface area contributed by atoms with Gasteiger partial charge in [-0.15, -0.1) is 0 Å². The van der Waals surface area contributed by atoms with E-state index in [-0.39, 0.29) is 22.7 Å². The average Bonchev–Trinajstić information content (AvgIpc) is 2.39. The highest BCUT2D eigenvalue weighted by Crippen LogP contribution is 2.28. The second kappa shape index (κ2) is 4.58. The van der Waals surface area contributed by atoms with E-state index < -0.39 is 5.82 Å². The van der Waals surface area contributed by atoms with Gasteiger partial charge in [-0.2, -0.15) is 5.26 Å². The number of hydrogen-bond acceptors (Lipinski definition) is 4. The third-order valence-electron chi connectivity index (χ3n) is 2.24. The number of ether oxygens (including phenoxy) is 1. The first kappa shape index (κ1) is 11.0. The van der Waals surface area contributed by atoms with E-state index in [0.717, 1.165) is 0 Å². The van der Waals surface area contributed by atoms with E-state index in [1.807, 2.05) is 6.07 Å². The van der Waals surface area contributed by atoms with Gasteiger partial charge >= 0.3 is 0 Å². The molecule has 0 bridgehead atoms. The number of benzene rings is 1. The third-order valence-corrected chi connectivity index (χ3v) is 2.24. The quantitative estimate of drug-likeness (QED) is 0.791. The third kappa shape index (κ3) is 1.93. The van der Waals surface area contributed by atoms with Crippen molar-refractivity contribution in [2.24, 2.45) is 0 Å². The Labute approximate surface area is 97.3 Å². The molecule has 0 fully saturated rings. The van der Waals surface area contributed by atoms with Crippen LogP contribution in [-0.2, 0) is 0 Å². The van der Waals surface area contributed by atoms with Crippen molar-refractivity contribution in [1.29, 1.82) is 5.26 Å². The number of halogens is 1. The van der Waals surface area contributed by atoms with E-state index >= 15 is 0 Å². The number of methoxy groups -OCH3 is 1. The van der Waals surface area contributed by atoms with E-state index in [1.165, 1.54) is 31.6 Å². The van der Waals surface area contributed by atoms with Crippen LogP contribution in [-0.4, -0.2) is 17.1 Å². The first-order valence-corrected chi connectivity index (χ1v) is 4.82. The molecule has 0 radical (unpaired) electrons. The van der Waals surface area contributed by atoms with Crippen LogP contribution in [0.15, 0.2) is 30.6 Å². The lowest BCUT2D eigenvalue weighted by Gasteiger charge is -2.07. The van der Waals surface area contributed by atoms with Crippen molar-refractivity contribution >= 4 is 0 Å². The van der Waals surface area contributed by atoms with Crippen molar-refractivity contribution < 1.29 is 9.13 Å². The second-order valence-electron chi connectivity index (χ2n) is 3.19. The molecule has 0 aliphatic rings. The maximum atomic E-state index is 14.0. The van der Waals surface area contributed by atoms with Crippen molar-refractivity contribution in [1.82, 2.24) is 9.97 Å². The predicted octanol–water partition coefficient (Wildman–Crippen LogP) is 2.16. The van der Waals surface area contributed by atoms with E-state index in [2.05, 4.69) is 9.97 Å². The van der Waals surface area contributed by atoms with Crippen LogP contribution in [0.3, 0.4) is 0 Å². The first-order valence-electron chi connectivity index (χ1n) is 4.82. The van der Waals surface area contributed by atoms with Crippen LogP contribution < -0.4 is 4.74 Å². The maximum Gasteiger partial charge on any atom is 0.174 e. The zero-order valence-corrected chi connectivity index (χ0v) is 9.01. The Hall–Kier alpha value is -2.48.